The smallest absolute Gasteiger partial charge is 0.325 e. The van der Waals surface area contributed by atoms with Crippen molar-refractivity contribution in [2.75, 3.05) is 6.61 Å². The number of aromatic amines is 1. The zero-order chi connectivity index (χ0) is 22.1. The van der Waals surface area contributed by atoms with Gasteiger partial charge in [0.15, 0.2) is 0 Å². The van der Waals surface area contributed by atoms with Gasteiger partial charge in [0, 0.05) is 18.3 Å². The van der Waals surface area contributed by atoms with Gasteiger partial charge in [-0.25, -0.2) is 4.98 Å². The van der Waals surface area contributed by atoms with Gasteiger partial charge in [0.1, 0.15) is 18.1 Å². The fraction of sp³-hybridized carbons (Fsp3) is 0.588. The number of imidazole rings is 1. The lowest BCUT2D eigenvalue weighted by molar-refractivity contribution is -0.142. The number of nitrogens with two attached hydrogens (primary N) is 1. The number of nitrogens with zero attached hydrogens (tertiary/aromatic N) is 1. The van der Waals surface area contributed by atoms with Gasteiger partial charge < -0.3 is 36.9 Å². The molecule has 0 fully saturated rings. The van der Waals surface area contributed by atoms with Crippen molar-refractivity contribution >= 4 is 23.7 Å². The first-order chi connectivity index (χ1) is 13.6. The zero-order valence-electron chi connectivity index (χ0n) is 16.5. The third-order valence-corrected chi connectivity index (χ3v) is 4.12. The number of aliphatic hydroxyl groups is 1. The molecule has 0 aliphatic heterocycles. The third-order valence-electron chi connectivity index (χ3n) is 4.12. The number of amides is 3. The summed E-state index contributed by atoms with van der Waals surface area (Å²) in [6.07, 6.45) is 3.09. The predicted molar refractivity (Wildman–Crippen MR) is 101 cm³/mol. The summed E-state index contributed by atoms with van der Waals surface area (Å²) in [7, 11) is 0. The zero-order valence-corrected chi connectivity index (χ0v) is 16.5. The van der Waals surface area contributed by atoms with E-state index >= 15 is 0 Å². The summed E-state index contributed by atoms with van der Waals surface area (Å²) in [6, 6.07) is -4.53. The number of carboxylic acids is 1. The Hall–Kier alpha value is -2.99. The van der Waals surface area contributed by atoms with Crippen molar-refractivity contribution < 1.29 is 29.4 Å². The van der Waals surface area contributed by atoms with Gasteiger partial charge in [0.25, 0.3) is 0 Å². The minimum absolute atomic E-state index is 0.149. The Labute approximate surface area is 167 Å². The Balaban J connectivity index is 2.71. The van der Waals surface area contributed by atoms with Crippen LogP contribution in [0.2, 0.25) is 0 Å². The van der Waals surface area contributed by atoms with Crippen LogP contribution in [-0.4, -0.2) is 74.6 Å². The van der Waals surface area contributed by atoms with Crippen molar-refractivity contribution in [3.05, 3.63) is 18.2 Å². The van der Waals surface area contributed by atoms with Crippen LogP contribution in [0, 0.1) is 5.92 Å². The Kier molecular flexibility index (Phi) is 9.22. The quantitative estimate of drug-likeness (QED) is 0.206. The number of H-pyrrole nitrogens is 1. The van der Waals surface area contributed by atoms with Gasteiger partial charge in [0.05, 0.1) is 19.0 Å². The molecule has 0 bridgehead atoms. The highest BCUT2D eigenvalue weighted by Gasteiger charge is 2.30. The summed E-state index contributed by atoms with van der Waals surface area (Å²) >= 11 is 0. The second kappa shape index (κ2) is 11.1. The number of carbonyl (C=O) groups is 4. The van der Waals surface area contributed by atoms with E-state index in [-0.39, 0.29) is 12.3 Å². The molecule has 4 atom stereocenters. The van der Waals surface area contributed by atoms with Gasteiger partial charge >= 0.3 is 5.97 Å². The Morgan fingerprint density at radius 2 is 1.76 bits per heavy atom. The first-order valence-corrected chi connectivity index (χ1v) is 9.04. The molecule has 0 aliphatic carbocycles. The highest BCUT2D eigenvalue weighted by Crippen LogP contribution is 2.04. The van der Waals surface area contributed by atoms with Gasteiger partial charge in [0.2, 0.25) is 17.7 Å². The molecule has 3 amide bonds. The maximum Gasteiger partial charge on any atom is 0.325 e. The van der Waals surface area contributed by atoms with E-state index in [0.29, 0.717) is 5.69 Å². The number of rotatable bonds is 11. The molecular formula is C17H28N6O6. The molecule has 1 heterocycles. The third kappa shape index (κ3) is 7.50. The van der Waals surface area contributed by atoms with Crippen LogP contribution in [0.25, 0.3) is 0 Å². The van der Waals surface area contributed by atoms with E-state index in [1.165, 1.54) is 19.4 Å². The number of carbonyl (C=O) groups excluding carboxylic acids is 3. The molecule has 0 aromatic carbocycles. The summed E-state index contributed by atoms with van der Waals surface area (Å²) < 4.78 is 0. The Bertz CT molecular complexity index is 707. The number of aliphatic carboxylic acids is 1. The molecule has 0 radical (unpaired) electrons. The molecule has 1 rings (SSSR count). The molecule has 0 saturated carbocycles. The van der Waals surface area contributed by atoms with Crippen LogP contribution in [0.4, 0.5) is 0 Å². The molecule has 0 spiro atoms. The number of hydrogen-bond donors (Lipinski definition) is 7. The molecule has 162 valence electrons. The molecule has 12 nitrogen and oxygen atoms in total. The first kappa shape index (κ1) is 24.0. The second-order valence-electron chi connectivity index (χ2n) is 6.93. The Morgan fingerprint density at radius 3 is 2.24 bits per heavy atom. The largest absolute Gasteiger partial charge is 0.480 e. The van der Waals surface area contributed by atoms with Crippen LogP contribution in [-0.2, 0) is 25.6 Å². The highest BCUT2D eigenvalue weighted by atomic mass is 16.4. The van der Waals surface area contributed by atoms with Crippen molar-refractivity contribution in [3.63, 3.8) is 0 Å². The van der Waals surface area contributed by atoms with E-state index in [2.05, 4.69) is 25.9 Å². The van der Waals surface area contributed by atoms with Crippen LogP contribution in [0.15, 0.2) is 12.5 Å². The Morgan fingerprint density at radius 1 is 1.10 bits per heavy atom. The van der Waals surface area contributed by atoms with Gasteiger partial charge in [-0.1, -0.05) is 13.8 Å². The molecule has 1 aromatic heterocycles. The monoisotopic (exact) mass is 412 g/mol. The molecule has 0 saturated heterocycles. The van der Waals surface area contributed by atoms with E-state index in [9.17, 15) is 24.3 Å². The van der Waals surface area contributed by atoms with E-state index < -0.39 is 54.5 Å². The molecule has 1 aromatic rings. The maximum absolute atomic E-state index is 12.4. The summed E-state index contributed by atoms with van der Waals surface area (Å²) in [4.78, 5) is 54.5. The van der Waals surface area contributed by atoms with Crippen LogP contribution in [0.5, 0.6) is 0 Å². The number of aliphatic hydroxyl groups excluding tert-OH is 1. The first-order valence-electron chi connectivity index (χ1n) is 9.04. The number of aromatic nitrogens is 2. The SMILES string of the molecule is CC(NC(=O)C(NC(=O)C(CO)NC(=O)C(N)Cc1cnc[nH]1)C(C)C)C(=O)O. The minimum Gasteiger partial charge on any atom is -0.480 e. The maximum atomic E-state index is 12.4. The summed E-state index contributed by atoms with van der Waals surface area (Å²) in [5.74, 6) is -3.76. The molecular weight excluding hydrogens is 384 g/mol. The van der Waals surface area contributed by atoms with Crippen molar-refractivity contribution in [1.82, 2.24) is 25.9 Å². The summed E-state index contributed by atoms with van der Waals surface area (Å²) in [5.41, 5.74) is 6.43. The molecule has 4 unspecified atom stereocenters. The van der Waals surface area contributed by atoms with Crippen LogP contribution in [0.3, 0.4) is 0 Å². The minimum atomic E-state index is -1.33. The number of hydrogen-bond acceptors (Lipinski definition) is 7. The van der Waals surface area contributed by atoms with Crippen molar-refractivity contribution in [2.24, 2.45) is 11.7 Å². The van der Waals surface area contributed by atoms with Crippen molar-refractivity contribution in [3.8, 4) is 0 Å². The molecule has 0 aliphatic rings. The fourth-order valence-electron chi connectivity index (χ4n) is 2.35. The van der Waals surface area contributed by atoms with E-state index in [4.69, 9.17) is 10.8 Å². The lowest BCUT2D eigenvalue weighted by Crippen LogP contribution is -2.59. The topological polar surface area (TPSA) is 200 Å². The summed E-state index contributed by atoms with van der Waals surface area (Å²) in [5, 5.41) is 25.4. The van der Waals surface area contributed by atoms with Gasteiger partial charge in [-0.15, -0.1) is 0 Å². The van der Waals surface area contributed by atoms with Crippen LogP contribution >= 0.6 is 0 Å². The highest BCUT2D eigenvalue weighted by molar-refractivity contribution is 5.94. The molecule has 29 heavy (non-hydrogen) atoms. The second-order valence-corrected chi connectivity index (χ2v) is 6.93. The van der Waals surface area contributed by atoms with Crippen LogP contribution in [0.1, 0.15) is 26.5 Å². The number of nitrogens with one attached hydrogen (secondary N) is 4. The summed E-state index contributed by atoms with van der Waals surface area (Å²) in [6.45, 7) is 3.88. The van der Waals surface area contributed by atoms with Crippen LogP contribution < -0.4 is 21.7 Å². The standard InChI is InChI=1S/C17H28N6O6/c1-8(2)13(16(27)21-9(3)17(28)29)23-15(26)12(6-24)22-14(25)11(18)4-10-5-19-7-20-10/h5,7-9,11-13,24H,4,6,18H2,1-3H3,(H,19,20)(H,21,27)(H,22,25)(H,23,26)(H,28,29). The lowest BCUT2D eigenvalue weighted by atomic mass is 10.0. The average molecular weight is 412 g/mol. The van der Waals surface area contributed by atoms with E-state index in [0.717, 1.165) is 0 Å². The van der Waals surface area contributed by atoms with Crippen molar-refractivity contribution in [2.45, 2.75) is 51.4 Å². The molecule has 12 heteroatoms. The average Bonchev–Trinajstić information content (AvgIpc) is 3.15. The van der Waals surface area contributed by atoms with Gasteiger partial charge in [-0.3, -0.25) is 19.2 Å². The normalized spacial score (nSPS) is 15.1. The molecule has 8 N–H and O–H groups in total. The van der Waals surface area contributed by atoms with Gasteiger partial charge in [-0.05, 0) is 12.8 Å². The predicted octanol–water partition coefficient (Wildman–Crippen LogP) is -2.51. The van der Waals surface area contributed by atoms with E-state index in [1.54, 1.807) is 13.8 Å². The fourth-order valence-corrected chi connectivity index (χ4v) is 2.35. The number of carboxylic acid groups (broad SMARTS) is 1. The lowest BCUT2D eigenvalue weighted by Gasteiger charge is -2.25. The van der Waals surface area contributed by atoms with Gasteiger partial charge in [-0.2, -0.15) is 0 Å². The van der Waals surface area contributed by atoms with Crippen molar-refractivity contribution in [1.29, 1.82) is 0 Å². The van der Waals surface area contributed by atoms with E-state index in [1.807, 2.05) is 0 Å².